The van der Waals surface area contributed by atoms with E-state index in [1.165, 1.54) is 0 Å². The zero-order chi connectivity index (χ0) is 13.2. The van der Waals surface area contributed by atoms with Crippen molar-refractivity contribution in [2.24, 2.45) is 11.3 Å². The highest BCUT2D eigenvalue weighted by Crippen LogP contribution is 2.37. The van der Waals surface area contributed by atoms with Gasteiger partial charge in [-0.05, 0) is 48.0 Å². The van der Waals surface area contributed by atoms with E-state index >= 15 is 0 Å². The Morgan fingerprint density at radius 3 is 2.78 bits per heavy atom. The number of Topliss-reactive ketones (excluding diaryl/α,β-unsaturated/α-hetero) is 1. The van der Waals surface area contributed by atoms with E-state index in [4.69, 9.17) is 0 Å². The molecular weight excluding hydrogens is 222 g/mol. The predicted octanol–water partition coefficient (Wildman–Crippen LogP) is 3.88. The molecule has 18 heavy (non-hydrogen) atoms. The Hall–Kier alpha value is -1.44. The summed E-state index contributed by atoms with van der Waals surface area (Å²) in [5.74, 6) is 0.492. The maximum absolute atomic E-state index is 12.5. The highest BCUT2D eigenvalue weighted by atomic mass is 16.1. The van der Waals surface area contributed by atoms with Crippen molar-refractivity contribution in [2.45, 2.75) is 40.0 Å². The van der Waals surface area contributed by atoms with Crippen molar-refractivity contribution in [1.82, 2.24) is 4.98 Å². The Morgan fingerprint density at radius 1 is 1.39 bits per heavy atom. The molecule has 1 heterocycles. The summed E-state index contributed by atoms with van der Waals surface area (Å²) in [6.45, 7) is 6.47. The second-order valence-corrected chi connectivity index (χ2v) is 6.13. The summed E-state index contributed by atoms with van der Waals surface area (Å²) in [6.07, 6.45) is 8.60. The Labute approximate surface area is 109 Å². The van der Waals surface area contributed by atoms with Gasteiger partial charge in [-0.3, -0.25) is 9.78 Å². The van der Waals surface area contributed by atoms with Gasteiger partial charge in [0.25, 0.3) is 0 Å². The molecule has 0 spiro atoms. The number of ketones is 1. The minimum atomic E-state index is 0.0610. The summed E-state index contributed by atoms with van der Waals surface area (Å²) in [6, 6.07) is 3.90. The van der Waals surface area contributed by atoms with E-state index in [0.29, 0.717) is 5.78 Å². The van der Waals surface area contributed by atoms with Crippen LogP contribution in [0.1, 0.15) is 45.6 Å². The van der Waals surface area contributed by atoms with Crippen LogP contribution in [0.25, 0.3) is 6.08 Å². The minimum absolute atomic E-state index is 0.0610. The molecule has 1 atom stereocenters. The first-order valence-corrected chi connectivity index (χ1v) is 6.63. The van der Waals surface area contributed by atoms with Crippen LogP contribution in [0, 0.1) is 11.3 Å². The van der Waals surface area contributed by atoms with Crippen molar-refractivity contribution in [3.8, 4) is 0 Å². The molecular formula is C16H21NO. The van der Waals surface area contributed by atoms with Gasteiger partial charge in [-0.1, -0.05) is 26.8 Å². The normalized spacial score (nSPS) is 23.4. The number of allylic oxidation sites excluding steroid dienone is 1. The lowest BCUT2D eigenvalue weighted by Gasteiger charge is -2.33. The van der Waals surface area contributed by atoms with Crippen molar-refractivity contribution in [3.05, 3.63) is 35.7 Å². The highest BCUT2D eigenvalue weighted by Gasteiger charge is 2.35. The van der Waals surface area contributed by atoms with Crippen LogP contribution in [0.5, 0.6) is 0 Å². The monoisotopic (exact) mass is 243 g/mol. The fourth-order valence-electron chi connectivity index (χ4n) is 2.61. The molecule has 1 saturated carbocycles. The smallest absolute Gasteiger partial charge is 0.162 e. The molecule has 0 N–H and O–H groups in total. The molecule has 1 fully saturated rings. The van der Waals surface area contributed by atoms with Crippen molar-refractivity contribution >= 4 is 11.9 Å². The maximum Gasteiger partial charge on any atom is 0.162 e. The number of carbonyl (C=O) groups excluding carboxylic acids is 1. The predicted molar refractivity (Wildman–Crippen MR) is 74.0 cm³/mol. The van der Waals surface area contributed by atoms with Gasteiger partial charge >= 0.3 is 0 Å². The number of pyridine rings is 1. The molecule has 0 amide bonds. The van der Waals surface area contributed by atoms with Crippen LogP contribution in [-0.2, 0) is 4.79 Å². The molecule has 1 aromatic heterocycles. The summed E-state index contributed by atoms with van der Waals surface area (Å²) in [5, 5.41) is 0. The number of aromatic nitrogens is 1. The second-order valence-electron chi connectivity index (χ2n) is 6.13. The first-order chi connectivity index (χ1) is 8.48. The number of carbonyl (C=O) groups is 1. The lowest BCUT2D eigenvalue weighted by molar-refractivity contribution is -0.123. The van der Waals surface area contributed by atoms with E-state index in [9.17, 15) is 4.79 Å². The Kier molecular flexibility index (Phi) is 3.65. The van der Waals surface area contributed by atoms with Crippen LogP contribution in [0.2, 0.25) is 0 Å². The molecule has 0 bridgehead atoms. The molecule has 2 rings (SSSR count). The summed E-state index contributed by atoms with van der Waals surface area (Å²) in [5.41, 5.74) is 2.05. The van der Waals surface area contributed by atoms with E-state index in [-0.39, 0.29) is 11.3 Å². The average molecular weight is 243 g/mol. The fourth-order valence-corrected chi connectivity index (χ4v) is 2.61. The van der Waals surface area contributed by atoms with Crippen LogP contribution in [0.15, 0.2) is 30.1 Å². The highest BCUT2D eigenvalue weighted by molar-refractivity contribution is 6.02. The zero-order valence-corrected chi connectivity index (χ0v) is 11.4. The van der Waals surface area contributed by atoms with Gasteiger partial charge < -0.3 is 0 Å². The maximum atomic E-state index is 12.5. The molecule has 2 nitrogen and oxygen atoms in total. The van der Waals surface area contributed by atoms with Crippen molar-refractivity contribution < 1.29 is 4.79 Å². The minimum Gasteiger partial charge on any atom is -0.294 e. The van der Waals surface area contributed by atoms with Crippen molar-refractivity contribution in [2.75, 3.05) is 0 Å². The molecule has 0 unspecified atom stereocenters. The quantitative estimate of drug-likeness (QED) is 0.701. The third-order valence-electron chi connectivity index (χ3n) is 3.64. The molecule has 0 aliphatic heterocycles. The van der Waals surface area contributed by atoms with Gasteiger partial charge in [0.05, 0.1) is 0 Å². The topological polar surface area (TPSA) is 30.0 Å². The average Bonchev–Trinajstić information content (AvgIpc) is 2.32. The van der Waals surface area contributed by atoms with Gasteiger partial charge in [0.1, 0.15) is 0 Å². The Balaban J connectivity index is 2.24. The van der Waals surface area contributed by atoms with Gasteiger partial charge in [-0.2, -0.15) is 0 Å². The van der Waals surface area contributed by atoms with Crippen LogP contribution in [0.3, 0.4) is 0 Å². The van der Waals surface area contributed by atoms with E-state index in [1.807, 2.05) is 18.2 Å². The van der Waals surface area contributed by atoms with Crippen LogP contribution in [-0.4, -0.2) is 10.8 Å². The fraction of sp³-hybridized carbons (Fsp3) is 0.500. The Morgan fingerprint density at radius 2 is 2.17 bits per heavy atom. The van der Waals surface area contributed by atoms with Crippen molar-refractivity contribution in [3.63, 3.8) is 0 Å². The molecule has 0 aromatic carbocycles. The molecule has 0 saturated heterocycles. The molecule has 1 aromatic rings. The van der Waals surface area contributed by atoms with Gasteiger partial charge in [0, 0.05) is 18.3 Å². The largest absolute Gasteiger partial charge is 0.294 e. The van der Waals surface area contributed by atoms with Crippen molar-refractivity contribution in [1.29, 1.82) is 0 Å². The van der Waals surface area contributed by atoms with Crippen LogP contribution >= 0.6 is 0 Å². The van der Waals surface area contributed by atoms with Crippen LogP contribution in [0.4, 0.5) is 0 Å². The third kappa shape index (κ3) is 2.87. The van der Waals surface area contributed by atoms with Gasteiger partial charge in [-0.25, -0.2) is 0 Å². The Bertz CT molecular complexity index is 454. The van der Waals surface area contributed by atoms with E-state index < -0.39 is 0 Å². The number of hydrogen-bond acceptors (Lipinski definition) is 2. The molecule has 1 aliphatic carbocycles. The summed E-state index contributed by atoms with van der Waals surface area (Å²) >= 11 is 0. The zero-order valence-electron chi connectivity index (χ0n) is 11.4. The first-order valence-electron chi connectivity index (χ1n) is 6.63. The molecule has 1 aliphatic rings. The molecule has 2 heteroatoms. The van der Waals surface area contributed by atoms with Crippen LogP contribution < -0.4 is 0 Å². The second kappa shape index (κ2) is 5.05. The van der Waals surface area contributed by atoms with E-state index in [2.05, 4.69) is 25.8 Å². The summed E-state index contributed by atoms with van der Waals surface area (Å²) in [7, 11) is 0. The lowest BCUT2D eigenvalue weighted by atomic mass is 9.70. The van der Waals surface area contributed by atoms with Gasteiger partial charge in [-0.15, -0.1) is 0 Å². The summed E-state index contributed by atoms with van der Waals surface area (Å²) in [4.78, 5) is 16.6. The molecule has 0 radical (unpaired) electrons. The first kappa shape index (κ1) is 13.0. The number of nitrogens with zero attached hydrogens (tertiary/aromatic N) is 1. The number of hydrogen-bond donors (Lipinski definition) is 0. The van der Waals surface area contributed by atoms with Gasteiger partial charge in [0.2, 0.25) is 0 Å². The SMILES string of the molecule is CC(C)(C)[C@@H]1CCC/C(=C\c2cccnc2)C1=O. The third-order valence-corrected chi connectivity index (χ3v) is 3.64. The number of rotatable bonds is 1. The lowest BCUT2D eigenvalue weighted by Crippen LogP contribution is -2.32. The van der Waals surface area contributed by atoms with Gasteiger partial charge in [0.15, 0.2) is 5.78 Å². The molecule has 96 valence electrons. The standard InChI is InChI=1S/C16H21NO/c1-16(2,3)14-8-4-7-13(15(14)18)10-12-6-5-9-17-11-12/h5-6,9-11,14H,4,7-8H2,1-3H3/b13-10+/t14-/m1/s1. The van der Waals surface area contributed by atoms with E-state index in [1.54, 1.807) is 12.4 Å². The van der Waals surface area contributed by atoms with E-state index in [0.717, 1.165) is 30.4 Å². The summed E-state index contributed by atoms with van der Waals surface area (Å²) < 4.78 is 0.